The Kier molecular flexibility index (Phi) is 8.00. The highest BCUT2D eigenvalue weighted by Gasteiger charge is 2.26. The van der Waals surface area contributed by atoms with Crippen LogP contribution < -0.4 is 10.6 Å². The summed E-state index contributed by atoms with van der Waals surface area (Å²) in [6.45, 7) is 6.89. The highest BCUT2D eigenvalue weighted by Crippen LogP contribution is 2.37. The molecule has 0 radical (unpaired) electrons. The average molecular weight is 497 g/mol. The number of carbonyl (C=O) groups is 1. The SMILES string of the molecule is CCOC(=O)c1c(NC(=S)Nc2c(C)nn(Cc3ccccc3)c2C)sc2c1CCCCCC2. The van der Waals surface area contributed by atoms with Gasteiger partial charge in [0.05, 0.1) is 35.8 Å². The number of esters is 1. The summed E-state index contributed by atoms with van der Waals surface area (Å²) in [5.74, 6) is -0.270. The van der Waals surface area contributed by atoms with E-state index in [-0.39, 0.29) is 5.97 Å². The van der Waals surface area contributed by atoms with Gasteiger partial charge in [-0.1, -0.05) is 43.2 Å². The zero-order valence-corrected chi connectivity index (χ0v) is 21.7. The zero-order chi connectivity index (χ0) is 24.1. The monoisotopic (exact) mass is 496 g/mol. The predicted molar refractivity (Wildman–Crippen MR) is 143 cm³/mol. The summed E-state index contributed by atoms with van der Waals surface area (Å²) in [7, 11) is 0. The lowest BCUT2D eigenvalue weighted by atomic mass is 9.96. The first-order chi connectivity index (χ1) is 16.5. The number of benzene rings is 1. The normalized spacial score (nSPS) is 13.5. The molecule has 0 saturated heterocycles. The molecule has 8 heteroatoms. The summed E-state index contributed by atoms with van der Waals surface area (Å²) in [6, 6.07) is 10.3. The van der Waals surface area contributed by atoms with Crippen LogP contribution >= 0.6 is 23.6 Å². The Hall–Kier alpha value is -2.71. The van der Waals surface area contributed by atoms with Crippen LogP contribution in [0.5, 0.6) is 0 Å². The number of hydrogen-bond acceptors (Lipinski definition) is 5. The molecule has 2 aromatic heterocycles. The second kappa shape index (κ2) is 11.1. The molecule has 2 heterocycles. The van der Waals surface area contributed by atoms with Crippen LogP contribution in [0, 0.1) is 13.8 Å². The van der Waals surface area contributed by atoms with Crippen molar-refractivity contribution in [3.8, 4) is 0 Å². The van der Waals surface area contributed by atoms with Crippen molar-refractivity contribution in [2.75, 3.05) is 17.2 Å². The van der Waals surface area contributed by atoms with Crippen LogP contribution in [0.15, 0.2) is 30.3 Å². The molecular formula is C26H32N4O2S2. The topological polar surface area (TPSA) is 68.2 Å². The maximum atomic E-state index is 12.9. The molecule has 180 valence electrons. The maximum absolute atomic E-state index is 12.9. The number of rotatable bonds is 6. The zero-order valence-electron chi connectivity index (χ0n) is 20.1. The van der Waals surface area contributed by atoms with E-state index in [1.54, 1.807) is 11.3 Å². The third-order valence-corrected chi connectivity index (χ3v) is 7.58. The first-order valence-electron chi connectivity index (χ1n) is 12.0. The number of aromatic nitrogens is 2. The standard InChI is InChI=1S/C26H32N4O2S2/c1-4-32-25(31)22-20-14-10-5-6-11-15-21(20)34-24(22)28-26(33)27-23-17(2)29-30(18(23)3)16-19-12-8-7-9-13-19/h7-9,12-13H,4-6,10-11,14-16H2,1-3H3,(H2,27,28,33). The predicted octanol–water partition coefficient (Wildman–Crippen LogP) is 6.25. The molecule has 34 heavy (non-hydrogen) atoms. The molecule has 0 atom stereocenters. The number of nitrogens with zero attached hydrogens (tertiary/aromatic N) is 2. The number of nitrogens with one attached hydrogen (secondary N) is 2. The highest BCUT2D eigenvalue weighted by molar-refractivity contribution is 7.80. The van der Waals surface area contributed by atoms with Crippen molar-refractivity contribution in [2.45, 2.75) is 65.8 Å². The third kappa shape index (κ3) is 5.50. The van der Waals surface area contributed by atoms with Gasteiger partial charge in [-0.2, -0.15) is 5.10 Å². The van der Waals surface area contributed by atoms with E-state index in [1.807, 2.05) is 43.7 Å². The second-order valence-corrected chi connectivity index (χ2v) is 10.1. The molecule has 0 unspecified atom stereocenters. The van der Waals surface area contributed by atoms with Gasteiger partial charge >= 0.3 is 5.97 Å². The number of aryl methyl sites for hydroxylation is 2. The van der Waals surface area contributed by atoms with Crippen molar-refractivity contribution in [3.05, 3.63) is 63.3 Å². The molecule has 3 aromatic rings. The first-order valence-corrected chi connectivity index (χ1v) is 13.2. The molecule has 0 aliphatic heterocycles. The van der Waals surface area contributed by atoms with E-state index in [4.69, 9.17) is 22.1 Å². The fourth-order valence-electron chi connectivity index (χ4n) is 4.46. The van der Waals surface area contributed by atoms with Crippen molar-refractivity contribution >= 4 is 45.3 Å². The van der Waals surface area contributed by atoms with Crippen LogP contribution in [0.1, 0.15) is 70.4 Å². The van der Waals surface area contributed by atoms with Gasteiger partial charge in [0.1, 0.15) is 5.00 Å². The van der Waals surface area contributed by atoms with E-state index < -0.39 is 0 Å². The van der Waals surface area contributed by atoms with Gasteiger partial charge in [0, 0.05) is 4.88 Å². The van der Waals surface area contributed by atoms with Gasteiger partial charge in [-0.3, -0.25) is 4.68 Å². The van der Waals surface area contributed by atoms with Crippen molar-refractivity contribution in [1.82, 2.24) is 9.78 Å². The summed E-state index contributed by atoms with van der Waals surface area (Å²) in [4.78, 5) is 14.2. The van der Waals surface area contributed by atoms with Gasteiger partial charge in [-0.15, -0.1) is 11.3 Å². The van der Waals surface area contributed by atoms with E-state index in [2.05, 4.69) is 22.8 Å². The van der Waals surface area contributed by atoms with Crippen LogP contribution in [0.4, 0.5) is 10.7 Å². The number of thiophene rings is 1. The lowest BCUT2D eigenvalue weighted by Gasteiger charge is -2.13. The minimum absolute atomic E-state index is 0.270. The smallest absolute Gasteiger partial charge is 0.341 e. The number of anilines is 2. The van der Waals surface area contributed by atoms with E-state index in [1.165, 1.54) is 23.3 Å². The summed E-state index contributed by atoms with van der Waals surface area (Å²) >= 11 is 7.31. The van der Waals surface area contributed by atoms with Gasteiger partial charge < -0.3 is 15.4 Å². The largest absolute Gasteiger partial charge is 0.462 e. The van der Waals surface area contributed by atoms with Gasteiger partial charge in [0.25, 0.3) is 0 Å². The Morgan fingerprint density at radius 2 is 1.85 bits per heavy atom. The molecule has 0 spiro atoms. The number of ether oxygens (including phenoxy) is 1. The van der Waals surface area contributed by atoms with Crippen molar-refractivity contribution in [1.29, 1.82) is 0 Å². The Balaban J connectivity index is 1.55. The number of carbonyl (C=O) groups excluding carboxylic acids is 1. The molecule has 1 aliphatic carbocycles. The van der Waals surface area contributed by atoms with E-state index in [0.717, 1.165) is 53.3 Å². The van der Waals surface area contributed by atoms with Gasteiger partial charge in [0.15, 0.2) is 5.11 Å². The molecule has 4 rings (SSSR count). The first kappa shape index (κ1) is 24.4. The van der Waals surface area contributed by atoms with Crippen LogP contribution in [-0.2, 0) is 24.1 Å². The lowest BCUT2D eigenvalue weighted by molar-refractivity contribution is 0.0526. The Morgan fingerprint density at radius 3 is 2.59 bits per heavy atom. The third-order valence-electron chi connectivity index (χ3n) is 6.17. The number of fused-ring (bicyclic) bond motifs is 1. The molecule has 0 bridgehead atoms. The van der Waals surface area contributed by atoms with Gasteiger partial charge in [-0.05, 0) is 69.8 Å². The Morgan fingerprint density at radius 1 is 1.12 bits per heavy atom. The van der Waals surface area contributed by atoms with Crippen molar-refractivity contribution in [2.24, 2.45) is 0 Å². The highest BCUT2D eigenvalue weighted by atomic mass is 32.1. The fourth-order valence-corrected chi connectivity index (χ4v) is 6.01. The van der Waals surface area contributed by atoms with Crippen LogP contribution in [0.25, 0.3) is 0 Å². The maximum Gasteiger partial charge on any atom is 0.341 e. The van der Waals surface area contributed by atoms with Crippen molar-refractivity contribution in [3.63, 3.8) is 0 Å². The Bertz CT molecular complexity index is 1170. The molecule has 0 amide bonds. The number of thiocarbonyl (C=S) groups is 1. The Labute approximate surface area is 210 Å². The molecule has 0 saturated carbocycles. The van der Waals surface area contributed by atoms with E-state index in [9.17, 15) is 4.79 Å². The van der Waals surface area contributed by atoms with Crippen LogP contribution in [0.3, 0.4) is 0 Å². The second-order valence-electron chi connectivity index (χ2n) is 8.61. The summed E-state index contributed by atoms with van der Waals surface area (Å²) < 4.78 is 7.40. The fraction of sp³-hybridized carbons (Fsp3) is 0.423. The summed E-state index contributed by atoms with van der Waals surface area (Å²) in [6.07, 6.45) is 6.59. The van der Waals surface area contributed by atoms with Gasteiger partial charge in [-0.25, -0.2) is 4.79 Å². The van der Waals surface area contributed by atoms with Crippen LogP contribution in [0.2, 0.25) is 0 Å². The lowest BCUT2D eigenvalue weighted by Crippen LogP contribution is -2.21. The minimum atomic E-state index is -0.270. The molecule has 0 fully saturated rings. The molecule has 2 N–H and O–H groups in total. The summed E-state index contributed by atoms with van der Waals surface area (Å²) in [5, 5.41) is 12.6. The molecule has 6 nitrogen and oxygen atoms in total. The van der Waals surface area contributed by atoms with E-state index >= 15 is 0 Å². The van der Waals surface area contributed by atoms with Crippen molar-refractivity contribution < 1.29 is 9.53 Å². The summed E-state index contributed by atoms with van der Waals surface area (Å²) in [5.41, 5.74) is 5.75. The van der Waals surface area contributed by atoms with Crippen LogP contribution in [-0.4, -0.2) is 27.5 Å². The number of hydrogen-bond donors (Lipinski definition) is 2. The molecule has 1 aromatic carbocycles. The molecule has 1 aliphatic rings. The molecular weight excluding hydrogens is 464 g/mol. The van der Waals surface area contributed by atoms with E-state index in [0.29, 0.717) is 23.8 Å². The van der Waals surface area contributed by atoms with Gasteiger partial charge in [0.2, 0.25) is 0 Å². The average Bonchev–Trinajstić information content (AvgIpc) is 3.25. The minimum Gasteiger partial charge on any atom is -0.462 e. The quantitative estimate of drug-likeness (QED) is 0.310.